The molecule has 0 bridgehead atoms. The fraction of sp³-hybridized carbons (Fsp3) is 0.238. The maximum atomic E-state index is 13.0. The van der Waals surface area contributed by atoms with Gasteiger partial charge in [-0.1, -0.05) is 41.2 Å². The summed E-state index contributed by atoms with van der Waals surface area (Å²) in [7, 11) is 0. The van der Waals surface area contributed by atoms with E-state index in [4.69, 9.17) is 0 Å². The van der Waals surface area contributed by atoms with Crippen molar-refractivity contribution in [1.82, 2.24) is 15.5 Å². The quantitative estimate of drug-likeness (QED) is 0.464. The van der Waals surface area contributed by atoms with E-state index in [1.165, 1.54) is 6.92 Å². The highest BCUT2D eigenvalue weighted by Crippen LogP contribution is 2.36. The molecule has 0 aliphatic carbocycles. The van der Waals surface area contributed by atoms with Gasteiger partial charge < -0.3 is 5.32 Å². The number of nitrogens with one attached hydrogen (secondary N) is 2. The predicted octanol–water partition coefficient (Wildman–Crippen LogP) is 5.31. The third-order valence-corrected chi connectivity index (χ3v) is 5.43. The van der Waals surface area contributed by atoms with Crippen LogP contribution >= 0.6 is 11.3 Å². The molecule has 3 rings (SSSR count). The summed E-state index contributed by atoms with van der Waals surface area (Å²) in [5.41, 5.74) is -2.37. The Bertz CT molecular complexity index is 1170. The van der Waals surface area contributed by atoms with E-state index >= 15 is 0 Å². The van der Waals surface area contributed by atoms with Crippen molar-refractivity contribution < 1.29 is 35.9 Å². The SMILES string of the molecule is Cc1ccc(-c2nnc(NC(=O)C(C)NC(=O)c3cc(C(F)(F)F)cc(C(F)(F)F)c3)s2)cc1. The number of rotatable bonds is 5. The molecule has 2 aromatic carbocycles. The number of hydrogen-bond donors (Lipinski definition) is 2. The van der Waals surface area contributed by atoms with Crippen molar-refractivity contribution in [2.75, 3.05) is 5.32 Å². The molecule has 34 heavy (non-hydrogen) atoms. The van der Waals surface area contributed by atoms with Gasteiger partial charge in [0, 0.05) is 11.1 Å². The lowest BCUT2D eigenvalue weighted by molar-refractivity contribution is -0.143. The van der Waals surface area contributed by atoms with Crippen LogP contribution < -0.4 is 10.6 Å². The number of carbonyl (C=O) groups is 2. The van der Waals surface area contributed by atoms with E-state index in [1.807, 2.05) is 31.2 Å². The second-order valence-electron chi connectivity index (χ2n) is 7.26. The Hall–Kier alpha value is -3.48. The van der Waals surface area contributed by atoms with Gasteiger partial charge in [0.05, 0.1) is 11.1 Å². The van der Waals surface area contributed by atoms with Crippen molar-refractivity contribution in [1.29, 1.82) is 0 Å². The summed E-state index contributed by atoms with van der Waals surface area (Å²) in [4.78, 5) is 24.7. The number of halogens is 6. The van der Waals surface area contributed by atoms with Crippen LogP contribution in [0.1, 0.15) is 34.0 Å². The van der Waals surface area contributed by atoms with E-state index in [1.54, 1.807) is 0 Å². The highest BCUT2D eigenvalue weighted by molar-refractivity contribution is 7.18. The van der Waals surface area contributed by atoms with Crippen LogP contribution in [-0.4, -0.2) is 28.1 Å². The van der Waals surface area contributed by atoms with Gasteiger partial charge in [-0.05, 0) is 32.0 Å². The normalized spacial score (nSPS) is 12.8. The molecular formula is C21H16F6N4O2S. The lowest BCUT2D eigenvalue weighted by Crippen LogP contribution is -2.41. The molecule has 0 aliphatic rings. The number of amides is 2. The van der Waals surface area contributed by atoms with E-state index in [0.717, 1.165) is 22.5 Å². The van der Waals surface area contributed by atoms with E-state index in [9.17, 15) is 35.9 Å². The van der Waals surface area contributed by atoms with E-state index < -0.39 is 46.9 Å². The second kappa shape index (κ2) is 9.41. The molecule has 1 unspecified atom stereocenters. The molecule has 0 aliphatic heterocycles. The standard InChI is InChI=1S/C21H16F6N4O2S/c1-10-3-5-12(6-4-10)18-30-31-19(34-18)29-16(32)11(2)28-17(33)13-7-14(20(22,23)24)9-15(8-13)21(25,26)27/h3-9,11H,1-2H3,(H,28,33)(H,29,31,32). The summed E-state index contributed by atoms with van der Waals surface area (Å²) < 4.78 is 78.0. The first-order chi connectivity index (χ1) is 15.7. The smallest absolute Gasteiger partial charge is 0.341 e. The van der Waals surface area contributed by atoms with Gasteiger partial charge in [-0.3, -0.25) is 14.9 Å². The predicted molar refractivity (Wildman–Crippen MR) is 112 cm³/mol. The maximum absolute atomic E-state index is 13.0. The van der Waals surface area contributed by atoms with Crippen LogP contribution in [-0.2, 0) is 17.1 Å². The maximum Gasteiger partial charge on any atom is 0.416 e. The van der Waals surface area contributed by atoms with Crippen molar-refractivity contribution in [2.24, 2.45) is 0 Å². The molecule has 1 heterocycles. The lowest BCUT2D eigenvalue weighted by atomic mass is 10.0. The number of aryl methyl sites for hydroxylation is 1. The van der Waals surface area contributed by atoms with Gasteiger partial charge in [0.1, 0.15) is 11.0 Å². The van der Waals surface area contributed by atoms with Crippen LogP contribution in [0.15, 0.2) is 42.5 Å². The molecule has 2 N–H and O–H groups in total. The van der Waals surface area contributed by atoms with E-state index in [2.05, 4.69) is 20.8 Å². The summed E-state index contributed by atoms with van der Waals surface area (Å²) >= 11 is 1.05. The fourth-order valence-electron chi connectivity index (χ4n) is 2.73. The first-order valence-corrected chi connectivity index (χ1v) is 10.4. The van der Waals surface area contributed by atoms with Gasteiger partial charge in [-0.15, -0.1) is 10.2 Å². The molecule has 1 atom stereocenters. The molecular weight excluding hydrogens is 486 g/mol. The number of anilines is 1. The van der Waals surface area contributed by atoms with Crippen molar-refractivity contribution in [3.05, 3.63) is 64.7 Å². The van der Waals surface area contributed by atoms with Gasteiger partial charge in [0.15, 0.2) is 0 Å². The Morgan fingerprint density at radius 1 is 0.912 bits per heavy atom. The van der Waals surface area contributed by atoms with Crippen LogP contribution in [0.4, 0.5) is 31.5 Å². The third kappa shape index (κ3) is 6.10. The number of aromatic nitrogens is 2. The largest absolute Gasteiger partial charge is 0.416 e. The number of benzene rings is 2. The van der Waals surface area contributed by atoms with Crippen molar-refractivity contribution in [3.63, 3.8) is 0 Å². The van der Waals surface area contributed by atoms with Crippen molar-refractivity contribution in [3.8, 4) is 10.6 Å². The van der Waals surface area contributed by atoms with Crippen molar-refractivity contribution >= 4 is 28.3 Å². The number of carbonyl (C=O) groups excluding carboxylic acids is 2. The minimum atomic E-state index is -5.10. The van der Waals surface area contributed by atoms with Crippen LogP contribution in [0.5, 0.6) is 0 Å². The zero-order valence-corrected chi connectivity index (χ0v) is 18.3. The van der Waals surface area contributed by atoms with Crippen LogP contribution in [0.2, 0.25) is 0 Å². The third-order valence-electron chi connectivity index (χ3n) is 4.54. The Kier molecular flexibility index (Phi) is 6.96. The Labute approximate surface area is 193 Å². The highest BCUT2D eigenvalue weighted by Gasteiger charge is 2.37. The lowest BCUT2D eigenvalue weighted by Gasteiger charge is -2.16. The van der Waals surface area contributed by atoms with Gasteiger partial charge in [-0.25, -0.2) is 0 Å². The van der Waals surface area contributed by atoms with Gasteiger partial charge in [-0.2, -0.15) is 26.3 Å². The monoisotopic (exact) mass is 502 g/mol. The van der Waals surface area contributed by atoms with Crippen LogP contribution in [0.3, 0.4) is 0 Å². The summed E-state index contributed by atoms with van der Waals surface area (Å²) in [6, 6.07) is 6.54. The minimum Gasteiger partial charge on any atom is -0.341 e. The average Bonchev–Trinajstić information content (AvgIpc) is 3.21. The fourth-order valence-corrected chi connectivity index (χ4v) is 3.48. The molecule has 13 heteroatoms. The zero-order chi connectivity index (χ0) is 25.3. The topological polar surface area (TPSA) is 84.0 Å². The molecule has 0 radical (unpaired) electrons. The number of alkyl halides is 6. The van der Waals surface area contributed by atoms with Gasteiger partial charge in [0.25, 0.3) is 5.91 Å². The molecule has 1 aromatic heterocycles. The average molecular weight is 502 g/mol. The van der Waals surface area contributed by atoms with E-state index in [-0.39, 0.29) is 23.3 Å². The second-order valence-corrected chi connectivity index (χ2v) is 8.23. The van der Waals surface area contributed by atoms with Gasteiger partial charge in [0.2, 0.25) is 11.0 Å². The Morgan fingerprint density at radius 3 is 2.00 bits per heavy atom. The van der Waals surface area contributed by atoms with E-state index in [0.29, 0.717) is 5.01 Å². The molecule has 3 aromatic rings. The summed E-state index contributed by atoms with van der Waals surface area (Å²) in [6.07, 6.45) is -10.2. The van der Waals surface area contributed by atoms with Crippen LogP contribution in [0, 0.1) is 6.92 Å². The highest BCUT2D eigenvalue weighted by atomic mass is 32.1. The summed E-state index contributed by atoms with van der Waals surface area (Å²) in [5.74, 6) is -2.07. The Morgan fingerprint density at radius 2 is 1.47 bits per heavy atom. The summed E-state index contributed by atoms with van der Waals surface area (Å²) in [5, 5.41) is 12.9. The van der Waals surface area contributed by atoms with Gasteiger partial charge >= 0.3 is 12.4 Å². The number of nitrogens with zero attached hydrogens (tertiary/aromatic N) is 2. The summed E-state index contributed by atoms with van der Waals surface area (Å²) in [6.45, 7) is 3.13. The molecule has 0 fully saturated rings. The minimum absolute atomic E-state index is 0.0893. The molecule has 0 spiro atoms. The molecule has 0 saturated heterocycles. The zero-order valence-electron chi connectivity index (χ0n) is 17.5. The van der Waals surface area contributed by atoms with Crippen molar-refractivity contribution in [2.45, 2.75) is 32.2 Å². The number of hydrogen-bond acceptors (Lipinski definition) is 5. The Balaban J connectivity index is 1.72. The molecule has 2 amide bonds. The molecule has 0 saturated carbocycles. The van der Waals surface area contributed by atoms with Crippen LogP contribution in [0.25, 0.3) is 10.6 Å². The molecule has 180 valence electrons. The first kappa shape index (κ1) is 25.1. The first-order valence-electron chi connectivity index (χ1n) is 9.56. The molecule has 6 nitrogen and oxygen atoms in total.